The Hall–Kier alpha value is -1.94. The summed E-state index contributed by atoms with van der Waals surface area (Å²) in [6.07, 6.45) is 4.80. The lowest BCUT2D eigenvalue weighted by Crippen LogP contribution is -2.44. The summed E-state index contributed by atoms with van der Waals surface area (Å²) < 4.78 is 0. The first-order chi connectivity index (χ1) is 11.6. The molecule has 1 unspecified atom stereocenters. The predicted molar refractivity (Wildman–Crippen MR) is 91.1 cm³/mol. The molecule has 1 aromatic rings. The third kappa shape index (κ3) is 2.69. The van der Waals surface area contributed by atoms with Crippen molar-refractivity contribution >= 4 is 17.3 Å². The Morgan fingerprint density at radius 3 is 2.67 bits per heavy atom. The molecule has 1 aliphatic heterocycles. The van der Waals surface area contributed by atoms with E-state index in [-0.39, 0.29) is 24.2 Å². The van der Waals surface area contributed by atoms with Gasteiger partial charge in [-0.3, -0.25) is 9.59 Å². The molecule has 1 N–H and O–H groups in total. The molecule has 4 heteroatoms. The van der Waals surface area contributed by atoms with Gasteiger partial charge >= 0.3 is 0 Å². The van der Waals surface area contributed by atoms with Crippen LogP contribution >= 0.6 is 0 Å². The predicted octanol–water partition coefficient (Wildman–Crippen LogP) is 2.71. The Bertz CT molecular complexity index is 703. The van der Waals surface area contributed by atoms with Crippen LogP contribution in [0, 0.1) is 0 Å². The van der Waals surface area contributed by atoms with Crippen molar-refractivity contribution in [3.05, 3.63) is 41.5 Å². The maximum atomic E-state index is 12.8. The molecule has 1 saturated carbocycles. The largest absolute Gasteiger partial charge is 0.388 e. The maximum absolute atomic E-state index is 12.8. The van der Waals surface area contributed by atoms with Gasteiger partial charge in [0.25, 0.3) is 0 Å². The average molecular weight is 325 g/mol. The number of hydrogen-bond donors (Lipinski definition) is 1. The van der Waals surface area contributed by atoms with E-state index in [1.165, 1.54) is 0 Å². The monoisotopic (exact) mass is 325 g/mol. The number of aliphatic hydroxyl groups is 1. The van der Waals surface area contributed by atoms with E-state index in [1.54, 1.807) is 0 Å². The van der Waals surface area contributed by atoms with Crippen molar-refractivity contribution in [3.63, 3.8) is 0 Å². The van der Waals surface area contributed by atoms with E-state index in [2.05, 4.69) is 0 Å². The van der Waals surface area contributed by atoms with Crippen LogP contribution in [0.4, 0.5) is 0 Å². The van der Waals surface area contributed by atoms with Crippen molar-refractivity contribution < 1.29 is 14.7 Å². The van der Waals surface area contributed by atoms with Gasteiger partial charge in [0.1, 0.15) is 0 Å². The van der Waals surface area contributed by atoms with Crippen molar-refractivity contribution in [1.29, 1.82) is 0 Å². The first-order valence-electron chi connectivity index (χ1n) is 8.91. The van der Waals surface area contributed by atoms with Gasteiger partial charge in [-0.05, 0) is 43.2 Å². The third-order valence-electron chi connectivity index (χ3n) is 5.71. The molecule has 0 aromatic heterocycles. The minimum Gasteiger partial charge on any atom is -0.388 e. The van der Waals surface area contributed by atoms with Gasteiger partial charge in [-0.2, -0.15) is 0 Å². The Kier molecular flexibility index (Phi) is 3.80. The molecule has 2 fully saturated rings. The lowest BCUT2D eigenvalue weighted by atomic mass is 9.99. The zero-order chi connectivity index (χ0) is 16.7. The second-order valence-corrected chi connectivity index (χ2v) is 7.27. The van der Waals surface area contributed by atoms with Crippen LogP contribution in [0.3, 0.4) is 0 Å². The second kappa shape index (κ2) is 5.85. The number of benzene rings is 1. The quantitative estimate of drug-likeness (QED) is 0.926. The number of amides is 1. The van der Waals surface area contributed by atoms with Gasteiger partial charge in [-0.1, -0.05) is 30.3 Å². The molecule has 1 aromatic carbocycles. The maximum Gasteiger partial charge on any atom is 0.227 e. The van der Waals surface area contributed by atoms with E-state index in [9.17, 15) is 14.7 Å². The fourth-order valence-corrected chi connectivity index (χ4v) is 4.21. The SMILES string of the molecule is O=C1CCC(c2ccccc2)=C1CC(=O)N1CCCC1C1(O)CC1. The average Bonchev–Trinajstić information content (AvgIpc) is 3.01. The highest BCUT2D eigenvalue weighted by molar-refractivity contribution is 6.10. The van der Waals surface area contributed by atoms with E-state index >= 15 is 0 Å². The molecule has 3 aliphatic rings. The van der Waals surface area contributed by atoms with Crippen LogP contribution in [0.15, 0.2) is 35.9 Å². The van der Waals surface area contributed by atoms with Gasteiger partial charge < -0.3 is 10.0 Å². The van der Waals surface area contributed by atoms with Gasteiger partial charge in [0.15, 0.2) is 5.78 Å². The molecule has 1 amide bonds. The summed E-state index contributed by atoms with van der Waals surface area (Å²) in [4.78, 5) is 27.0. The van der Waals surface area contributed by atoms with Crippen LogP contribution < -0.4 is 0 Å². The van der Waals surface area contributed by atoms with Crippen LogP contribution in [0.25, 0.3) is 5.57 Å². The molecule has 4 rings (SSSR count). The van der Waals surface area contributed by atoms with Crippen LogP contribution in [0.1, 0.15) is 50.5 Å². The summed E-state index contributed by atoms with van der Waals surface area (Å²) in [6.45, 7) is 0.702. The van der Waals surface area contributed by atoms with Gasteiger partial charge in [0.2, 0.25) is 5.91 Å². The third-order valence-corrected chi connectivity index (χ3v) is 5.71. The summed E-state index contributed by atoms with van der Waals surface area (Å²) in [5.74, 6) is 0.0968. The number of ketones is 1. The lowest BCUT2D eigenvalue weighted by molar-refractivity contribution is -0.134. The second-order valence-electron chi connectivity index (χ2n) is 7.27. The van der Waals surface area contributed by atoms with Crippen molar-refractivity contribution in [2.75, 3.05) is 6.54 Å². The number of carbonyl (C=O) groups is 2. The number of hydrogen-bond acceptors (Lipinski definition) is 3. The molecule has 1 saturated heterocycles. The smallest absolute Gasteiger partial charge is 0.227 e. The number of carbonyl (C=O) groups excluding carboxylic acids is 2. The van der Waals surface area contributed by atoms with Crippen molar-refractivity contribution in [2.24, 2.45) is 0 Å². The van der Waals surface area contributed by atoms with Crippen LogP contribution in [-0.4, -0.2) is 39.9 Å². The number of likely N-dealkylation sites (tertiary alicyclic amines) is 1. The fourth-order valence-electron chi connectivity index (χ4n) is 4.21. The molecule has 24 heavy (non-hydrogen) atoms. The van der Waals surface area contributed by atoms with Gasteiger partial charge in [-0.25, -0.2) is 0 Å². The highest BCUT2D eigenvalue weighted by Crippen LogP contribution is 2.45. The number of rotatable bonds is 4. The summed E-state index contributed by atoms with van der Waals surface area (Å²) in [5, 5.41) is 10.4. The Labute approximate surface area is 142 Å². The van der Waals surface area contributed by atoms with Crippen LogP contribution in [-0.2, 0) is 9.59 Å². The first kappa shape index (κ1) is 15.6. The molecule has 4 nitrogen and oxygen atoms in total. The fraction of sp³-hybridized carbons (Fsp3) is 0.500. The number of allylic oxidation sites excluding steroid dienone is 1. The Balaban J connectivity index is 1.56. The first-order valence-corrected chi connectivity index (χ1v) is 8.91. The lowest BCUT2D eigenvalue weighted by Gasteiger charge is -2.29. The van der Waals surface area contributed by atoms with Crippen LogP contribution in [0.2, 0.25) is 0 Å². The normalized spacial score (nSPS) is 25.5. The number of nitrogens with zero attached hydrogens (tertiary/aromatic N) is 1. The van der Waals surface area contributed by atoms with Gasteiger partial charge in [-0.15, -0.1) is 0 Å². The van der Waals surface area contributed by atoms with Crippen molar-refractivity contribution in [2.45, 2.75) is 56.6 Å². The highest BCUT2D eigenvalue weighted by atomic mass is 16.3. The van der Waals surface area contributed by atoms with Crippen LogP contribution in [0.5, 0.6) is 0 Å². The summed E-state index contributed by atoms with van der Waals surface area (Å²) in [5.41, 5.74) is 2.09. The van der Waals surface area contributed by atoms with E-state index in [4.69, 9.17) is 0 Å². The van der Waals surface area contributed by atoms with E-state index in [0.717, 1.165) is 43.2 Å². The summed E-state index contributed by atoms with van der Waals surface area (Å²) >= 11 is 0. The zero-order valence-electron chi connectivity index (χ0n) is 13.8. The van der Waals surface area contributed by atoms with E-state index < -0.39 is 5.60 Å². The molecule has 126 valence electrons. The number of Topliss-reactive ketones (excluding diaryl/α,β-unsaturated/α-hetero) is 1. The Morgan fingerprint density at radius 2 is 1.96 bits per heavy atom. The van der Waals surface area contributed by atoms with Crippen molar-refractivity contribution in [3.8, 4) is 0 Å². The van der Waals surface area contributed by atoms with E-state index in [0.29, 0.717) is 18.5 Å². The summed E-state index contributed by atoms with van der Waals surface area (Å²) in [6, 6.07) is 9.83. The molecule has 1 heterocycles. The zero-order valence-corrected chi connectivity index (χ0v) is 13.8. The minimum absolute atomic E-state index is 0.00324. The van der Waals surface area contributed by atoms with Crippen molar-refractivity contribution in [1.82, 2.24) is 4.90 Å². The minimum atomic E-state index is -0.664. The molecule has 0 radical (unpaired) electrons. The standard InChI is InChI=1S/C20H23NO3/c22-17-9-8-15(14-5-2-1-3-6-14)16(17)13-19(23)21-12-4-7-18(21)20(24)10-11-20/h1-3,5-6,18,24H,4,7-13H2. The molecular weight excluding hydrogens is 302 g/mol. The highest BCUT2D eigenvalue weighted by Gasteiger charge is 2.52. The summed E-state index contributed by atoms with van der Waals surface area (Å²) in [7, 11) is 0. The molecule has 2 aliphatic carbocycles. The van der Waals surface area contributed by atoms with Gasteiger partial charge in [0.05, 0.1) is 18.1 Å². The Morgan fingerprint density at radius 1 is 1.21 bits per heavy atom. The topological polar surface area (TPSA) is 57.6 Å². The molecular formula is C20H23NO3. The molecule has 0 bridgehead atoms. The molecule has 1 atom stereocenters. The molecule has 0 spiro atoms. The van der Waals surface area contributed by atoms with E-state index in [1.807, 2.05) is 35.2 Å². The van der Waals surface area contributed by atoms with Gasteiger partial charge in [0, 0.05) is 18.5 Å².